The molecule has 0 aromatic rings. The number of hydrogen-bond donors (Lipinski definition) is 4. The average Bonchev–Trinajstić information content (AvgIpc) is 2.90. The molecule has 0 aromatic heterocycles. The second-order valence-corrected chi connectivity index (χ2v) is 12.7. The number of rotatable bonds is 8. The van der Waals surface area contributed by atoms with Crippen LogP contribution in [-0.2, 0) is 0 Å². The van der Waals surface area contributed by atoms with Gasteiger partial charge in [0.1, 0.15) is 0 Å². The maximum absolute atomic E-state index is 10.1. The van der Waals surface area contributed by atoms with Gasteiger partial charge in [-0.3, -0.25) is 0 Å². The Labute approximate surface area is 237 Å². The van der Waals surface area contributed by atoms with Crippen LogP contribution in [0.15, 0.2) is 0 Å². The van der Waals surface area contributed by atoms with E-state index < -0.39 is 0 Å². The van der Waals surface area contributed by atoms with E-state index in [4.69, 9.17) is 0 Å². The van der Waals surface area contributed by atoms with E-state index in [0.29, 0.717) is 25.7 Å². The highest BCUT2D eigenvalue weighted by molar-refractivity contribution is 4.98. The van der Waals surface area contributed by atoms with Gasteiger partial charge in [0.2, 0.25) is 0 Å². The second-order valence-electron chi connectivity index (χ2n) is 12.7. The summed E-state index contributed by atoms with van der Waals surface area (Å²) in [5.41, 5.74) is -0.431. The van der Waals surface area contributed by atoms with Crippen LogP contribution in [0.2, 0.25) is 0 Å². The second kappa shape index (κ2) is 24.6. The smallest absolute Gasteiger partial charge is 0.0436 e. The van der Waals surface area contributed by atoms with Crippen LogP contribution in [0.5, 0.6) is 0 Å². The fourth-order valence-electron chi connectivity index (χ4n) is 7.66. The van der Waals surface area contributed by atoms with Crippen LogP contribution in [0, 0.1) is 10.8 Å². The molecule has 0 heterocycles. The lowest BCUT2D eigenvalue weighted by molar-refractivity contribution is -0.0601. The molecule has 228 valence electrons. The van der Waals surface area contributed by atoms with E-state index in [1.165, 1.54) is 128 Å². The minimum Gasteiger partial charge on any atom is -0.396 e. The van der Waals surface area contributed by atoms with Crippen LogP contribution in [-0.4, -0.2) is 46.9 Å². The molecule has 1 rings (SSSR count). The maximum atomic E-state index is 10.1. The number of aliphatic hydroxyl groups excluding tert-OH is 4. The van der Waals surface area contributed by atoms with Crippen molar-refractivity contribution < 1.29 is 20.4 Å². The average molecular weight is 541 g/mol. The topological polar surface area (TPSA) is 80.9 Å². The van der Waals surface area contributed by atoms with Crippen LogP contribution in [0.3, 0.4) is 0 Å². The van der Waals surface area contributed by atoms with Gasteiger partial charge in [0, 0.05) is 26.4 Å². The molecule has 0 unspecified atom stereocenters. The molecule has 4 N–H and O–H groups in total. The molecule has 0 saturated heterocycles. The fraction of sp³-hybridized carbons (Fsp3) is 1.00. The van der Waals surface area contributed by atoms with E-state index in [0.717, 1.165) is 25.7 Å². The Morgan fingerprint density at radius 1 is 0.263 bits per heavy atom. The van der Waals surface area contributed by atoms with E-state index in [2.05, 4.69) is 0 Å². The van der Waals surface area contributed by atoms with E-state index >= 15 is 0 Å². The van der Waals surface area contributed by atoms with Crippen molar-refractivity contribution in [3.05, 3.63) is 0 Å². The zero-order chi connectivity index (χ0) is 27.6. The Morgan fingerprint density at radius 3 is 0.579 bits per heavy atom. The van der Waals surface area contributed by atoms with Crippen LogP contribution in [0.25, 0.3) is 0 Å². The van der Waals surface area contributed by atoms with Crippen LogP contribution in [0.1, 0.15) is 180 Å². The molecule has 0 bridgehead atoms. The van der Waals surface area contributed by atoms with Crippen molar-refractivity contribution in [1.29, 1.82) is 0 Å². The predicted octanol–water partition coefficient (Wildman–Crippen LogP) is 8.86. The molecule has 4 heteroatoms. The summed E-state index contributed by atoms with van der Waals surface area (Å²) in [7, 11) is 0. The molecule has 38 heavy (non-hydrogen) atoms. The standard InChI is InChI=1S/C34H68O4/c35-29-25-33(26-30-36)23-21-19-17-15-13-11-9-7-5-3-1-2-4-6-8-10-12-14-16-18-20-22-24-34(33,27-31-37)28-32-38/h35-38H,1-32H2. The Kier molecular flexibility index (Phi) is 23.2. The summed E-state index contributed by atoms with van der Waals surface area (Å²) in [5, 5.41) is 40.5. The number of hydrogen-bond acceptors (Lipinski definition) is 4. The molecule has 0 aliphatic heterocycles. The van der Waals surface area contributed by atoms with E-state index in [-0.39, 0.29) is 37.3 Å². The van der Waals surface area contributed by atoms with Gasteiger partial charge < -0.3 is 20.4 Å². The van der Waals surface area contributed by atoms with Crippen LogP contribution < -0.4 is 0 Å². The summed E-state index contributed by atoms with van der Waals surface area (Å²) in [6.45, 7) is 0.439. The third-order valence-corrected chi connectivity index (χ3v) is 10.0. The molecular formula is C34H68O4. The largest absolute Gasteiger partial charge is 0.396 e. The van der Waals surface area contributed by atoms with E-state index in [1.807, 2.05) is 0 Å². The lowest BCUT2D eigenvalue weighted by atomic mass is 9.53. The van der Waals surface area contributed by atoms with E-state index in [9.17, 15) is 20.4 Å². The fourth-order valence-corrected chi connectivity index (χ4v) is 7.66. The molecule has 0 amide bonds. The molecule has 1 fully saturated rings. The first kappa shape index (κ1) is 35.9. The third kappa shape index (κ3) is 15.0. The Hall–Kier alpha value is -0.160. The summed E-state index contributed by atoms with van der Waals surface area (Å²) in [6, 6.07) is 0. The molecule has 4 nitrogen and oxygen atoms in total. The summed E-state index contributed by atoms with van der Waals surface area (Å²) in [5.74, 6) is 0. The van der Waals surface area contributed by atoms with Crippen LogP contribution in [0.4, 0.5) is 0 Å². The van der Waals surface area contributed by atoms with Gasteiger partial charge in [0.25, 0.3) is 0 Å². The summed E-state index contributed by atoms with van der Waals surface area (Å²) >= 11 is 0. The lowest BCUT2D eigenvalue weighted by Crippen LogP contribution is -2.45. The van der Waals surface area contributed by atoms with Crippen molar-refractivity contribution in [3.8, 4) is 0 Å². The van der Waals surface area contributed by atoms with Gasteiger partial charge >= 0.3 is 0 Å². The molecular weight excluding hydrogens is 472 g/mol. The third-order valence-electron chi connectivity index (χ3n) is 10.0. The highest BCUT2D eigenvalue weighted by atomic mass is 16.3. The normalized spacial score (nSPS) is 23.1. The van der Waals surface area contributed by atoms with Gasteiger partial charge in [-0.15, -0.1) is 0 Å². The van der Waals surface area contributed by atoms with Gasteiger partial charge in [0.05, 0.1) is 0 Å². The van der Waals surface area contributed by atoms with Crippen LogP contribution >= 0.6 is 0 Å². The molecule has 1 aliphatic carbocycles. The molecule has 1 aliphatic rings. The first-order chi connectivity index (χ1) is 18.7. The Morgan fingerprint density at radius 2 is 0.421 bits per heavy atom. The monoisotopic (exact) mass is 541 g/mol. The molecule has 1 saturated carbocycles. The Bertz CT molecular complexity index is 439. The lowest BCUT2D eigenvalue weighted by Gasteiger charge is -2.52. The highest BCUT2D eigenvalue weighted by Crippen LogP contribution is 2.56. The molecule has 0 aromatic carbocycles. The van der Waals surface area contributed by atoms with Crippen molar-refractivity contribution in [3.63, 3.8) is 0 Å². The van der Waals surface area contributed by atoms with Crippen molar-refractivity contribution in [2.75, 3.05) is 26.4 Å². The van der Waals surface area contributed by atoms with Gasteiger partial charge in [-0.1, -0.05) is 141 Å². The first-order valence-corrected chi connectivity index (χ1v) is 17.1. The zero-order valence-electron chi connectivity index (χ0n) is 25.4. The van der Waals surface area contributed by atoms with Gasteiger partial charge in [-0.05, 0) is 49.4 Å². The number of aliphatic hydroxyl groups is 4. The maximum Gasteiger partial charge on any atom is 0.0436 e. The SMILES string of the molecule is OCCC1(CCO)CCCCCCCCCCCCCCCCCCCCCCCCC1(CCO)CCO. The van der Waals surface area contributed by atoms with Gasteiger partial charge in [-0.25, -0.2) is 0 Å². The molecule has 0 radical (unpaired) electrons. The Balaban J connectivity index is 2.81. The summed E-state index contributed by atoms with van der Waals surface area (Å²) < 4.78 is 0. The predicted molar refractivity (Wildman–Crippen MR) is 162 cm³/mol. The summed E-state index contributed by atoms with van der Waals surface area (Å²) in [4.78, 5) is 0. The first-order valence-electron chi connectivity index (χ1n) is 17.1. The minimum absolute atomic E-state index is 0.110. The van der Waals surface area contributed by atoms with Crippen molar-refractivity contribution in [2.24, 2.45) is 10.8 Å². The zero-order valence-corrected chi connectivity index (χ0v) is 25.4. The highest BCUT2D eigenvalue weighted by Gasteiger charge is 2.48. The minimum atomic E-state index is -0.215. The van der Waals surface area contributed by atoms with Crippen molar-refractivity contribution >= 4 is 0 Å². The van der Waals surface area contributed by atoms with Crippen molar-refractivity contribution in [1.82, 2.24) is 0 Å². The van der Waals surface area contributed by atoms with Crippen molar-refractivity contribution in [2.45, 2.75) is 180 Å². The van der Waals surface area contributed by atoms with Gasteiger partial charge in [0.15, 0.2) is 0 Å². The quantitative estimate of drug-likeness (QED) is 0.248. The molecule has 0 atom stereocenters. The van der Waals surface area contributed by atoms with E-state index in [1.54, 1.807) is 0 Å². The molecule has 0 spiro atoms. The van der Waals surface area contributed by atoms with Gasteiger partial charge in [-0.2, -0.15) is 0 Å². The summed E-state index contributed by atoms with van der Waals surface area (Å²) in [6.07, 6.45) is 34.0.